The number of fused-ring (bicyclic) bond motifs is 1. The first-order valence-electron chi connectivity index (χ1n) is 9.68. The molecule has 1 aromatic heterocycles. The van der Waals surface area contributed by atoms with Crippen LogP contribution < -0.4 is 0 Å². The molecule has 0 saturated heterocycles. The molecule has 2 radical (unpaired) electrons. The summed E-state index contributed by atoms with van der Waals surface area (Å²) in [6, 6.07) is 26.2. The van der Waals surface area contributed by atoms with Crippen molar-refractivity contribution >= 4 is 11.0 Å². The topological polar surface area (TPSA) is 53.6 Å². The Morgan fingerprint density at radius 2 is 1.33 bits per heavy atom. The SMILES string of the molecule is Oc1cccc2c(CC(O)CCC(c3ccccc3)c3ccccc3)coc12.[Ac].[Ac]. The third-order valence-corrected chi connectivity index (χ3v) is 5.31. The van der Waals surface area contributed by atoms with E-state index in [2.05, 4.69) is 48.5 Å². The molecule has 1 atom stereocenters. The van der Waals surface area contributed by atoms with Gasteiger partial charge < -0.3 is 14.6 Å². The normalized spacial score (nSPS) is 11.7. The average Bonchev–Trinajstić information content (AvgIpc) is 3.14. The predicted octanol–water partition coefficient (Wildman–Crippen LogP) is 5.65. The van der Waals surface area contributed by atoms with E-state index in [1.165, 1.54) is 11.1 Å². The molecular weight excluding hydrogens is 802 g/mol. The van der Waals surface area contributed by atoms with E-state index in [0.29, 0.717) is 18.4 Å². The fraction of sp³-hybridized carbons (Fsp3) is 0.200. The third kappa shape index (κ3) is 6.43. The van der Waals surface area contributed by atoms with E-state index in [0.717, 1.165) is 17.4 Å². The molecule has 1 heterocycles. The van der Waals surface area contributed by atoms with E-state index in [9.17, 15) is 10.2 Å². The number of hydrogen-bond donors (Lipinski definition) is 2. The molecule has 4 rings (SSSR count). The summed E-state index contributed by atoms with van der Waals surface area (Å²) in [6.45, 7) is 0. The van der Waals surface area contributed by atoms with Crippen LogP contribution in [-0.4, -0.2) is 16.3 Å². The summed E-state index contributed by atoms with van der Waals surface area (Å²) in [6.07, 6.45) is 3.21. The second kappa shape index (κ2) is 12.8. The van der Waals surface area contributed by atoms with Crippen LogP contribution in [0.5, 0.6) is 5.75 Å². The molecule has 0 aliphatic heterocycles. The largest absolute Gasteiger partial charge is 0.504 e. The molecule has 4 aromatic rings. The van der Waals surface area contributed by atoms with Crippen LogP contribution in [0.4, 0.5) is 0 Å². The Morgan fingerprint density at radius 1 is 0.733 bits per heavy atom. The molecular formula is C25H24Ac2O3. The van der Waals surface area contributed by atoms with E-state index in [4.69, 9.17) is 4.42 Å². The van der Waals surface area contributed by atoms with Crippen LogP contribution in [-0.2, 0) is 6.42 Å². The summed E-state index contributed by atoms with van der Waals surface area (Å²) in [4.78, 5) is 0. The monoisotopic (exact) mass is 826 g/mol. The number of phenolic OH excluding ortho intramolecular Hbond substituents is 1. The maximum Gasteiger partial charge on any atom is 0.175 e. The van der Waals surface area contributed by atoms with Crippen molar-refractivity contribution in [3.05, 3.63) is 102 Å². The fourth-order valence-electron chi connectivity index (χ4n) is 3.86. The van der Waals surface area contributed by atoms with Gasteiger partial charge in [-0.2, -0.15) is 0 Å². The smallest absolute Gasteiger partial charge is 0.175 e. The summed E-state index contributed by atoms with van der Waals surface area (Å²) in [7, 11) is 0. The fourth-order valence-corrected chi connectivity index (χ4v) is 3.86. The molecule has 0 bridgehead atoms. The van der Waals surface area contributed by atoms with Crippen LogP contribution in [0.15, 0.2) is 89.5 Å². The van der Waals surface area contributed by atoms with E-state index in [1.807, 2.05) is 18.2 Å². The predicted molar refractivity (Wildman–Crippen MR) is 112 cm³/mol. The number of aliphatic hydroxyl groups is 1. The van der Waals surface area contributed by atoms with Crippen LogP contribution in [0.3, 0.4) is 0 Å². The van der Waals surface area contributed by atoms with Crippen molar-refractivity contribution in [1.29, 1.82) is 0 Å². The van der Waals surface area contributed by atoms with Crippen LogP contribution >= 0.6 is 0 Å². The molecule has 3 nitrogen and oxygen atoms in total. The Hall–Kier alpha value is -0.157. The third-order valence-electron chi connectivity index (χ3n) is 5.31. The first-order valence-corrected chi connectivity index (χ1v) is 9.68. The summed E-state index contributed by atoms with van der Waals surface area (Å²) in [5.74, 6) is 0.383. The average molecular weight is 826 g/mol. The number of furan rings is 1. The number of para-hydroxylation sites is 1. The zero-order chi connectivity index (χ0) is 19.3. The van der Waals surface area contributed by atoms with Gasteiger partial charge in [0.05, 0.1) is 12.4 Å². The summed E-state index contributed by atoms with van der Waals surface area (Å²) in [5.41, 5.74) is 3.93. The maximum absolute atomic E-state index is 10.7. The molecule has 3 aromatic carbocycles. The number of aromatic hydroxyl groups is 1. The Balaban J connectivity index is 0.00000160. The quantitative estimate of drug-likeness (QED) is 0.254. The van der Waals surface area contributed by atoms with Crippen LogP contribution in [0.1, 0.15) is 35.4 Å². The molecule has 0 amide bonds. The molecule has 1 unspecified atom stereocenters. The molecule has 0 spiro atoms. The molecule has 30 heavy (non-hydrogen) atoms. The van der Waals surface area contributed by atoms with Gasteiger partial charge >= 0.3 is 0 Å². The minimum atomic E-state index is -0.474. The molecule has 148 valence electrons. The van der Waals surface area contributed by atoms with Crippen molar-refractivity contribution in [2.45, 2.75) is 31.3 Å². The molecule has 0 aliphatic carbocycles. The minimum absolute atomic E-state index is 0. The Bertz CT molecular complexity index is 993. The zero-order valence-corrected chi connectivity index (χ0v) is 26.3. The Morgan fingerprint density at radius 3 is 1.93 bits per heavy atom. The Labute approximate surface area is 249 Å². The van der Waals surface area contributed by atoms with Crippen molar-refractivity contribution in [2.75, 3.05) is 0 Å². The molecule has 2 N–H and O–H groups in total. The number of hydrogen-bond acceptors (Lipinski definition) is 3. The van der Waals surface area contributed by atoms with E-state index in [1.54, 1.807) is 18.4 Å². The van der Waals surface area contributed by atoms with Crippen molar-refractivity contribution in [2.24, 2.45) is 0 Å². The first kappa shape index (κ1) is 26.1. The van der Waals surface area contributed by atoms with Gasteiger partial charge in [-0.05, 0) is 30.0 Å². The molecule has 0 aliphatic rings. The summed E-state index contributed by atoms with van der Waals surface area (Å²) < 4.78 is 5.48. The van der Waals surface area contributed by atoms with Gasteiger partial charge in [0.25, 0.3) is 0 Å². The zero-order valence-electron chi connectivity index (χ0n) is 16.8. The van der Waals surface area contributed by atoms with Gasteiger partial charge in [0.1, 0.15) is 0 Å². The van der Waals surface area contributed by atoms with Gasteiger partial charge in [-0.15, -0.1) is 0 Å². The second-order valence-corrected chi connectivity index (χ2v) is 7.22. The van der Waals surface area contributed by atoms with E-state index < -0.39 is 6.10 Å². The van der Waals surface area contributed by atoms with E-state index in [-0.39, 0.29) is 99.8 Å². The van der Waals surface area contributed by atoms with Crippen molar-refractivity contribution in [1.82, 2.24) is 0 Å². The van der Waals surface area contributed by atoms with Gasteiger partial charge in [0.2, 0.25) is 0 Å². The second-order valence-electron chi connectivity index (χ2n) is 7.22. The molecule has 5 heteroatoms. The maximum atomic E-state index is 10.7. The summed E-state index contributed by atoms with van der Waals surface area (Å²) in [5, 5.41) is 21.4. The summed E-state index contributed by atoms with van der Waals surface area (Å²) >= 11 is 0. The minimum Gasteiger partial charge on any atom is -0.504 e. The number of phenols is 1. The standard InChI is InChI=1S/C25H24O3.2Ac/c26-21(16-20-17-28-25-23(20)12-7-13-24(25)27)14-15-22(18-8-3-1-4-9-18)19-10-5-2-6-11-19;;/h1-13,17,21-22,26-27H,14-16H2;;. The van der Waals surface area contributed by atoms with Gasteiger partial charge in [-0.25, -0.2) is 0 Å². The van der Waals surface area contributed by atoms with E-state index >= 15 is 0 Å². The van der Waals surface area contributed by atoms with Crippen LogP contribution in [0.25, 0.3) is 11.0 Å². The molecule has 0 fully saturated rings. The van der Waals surface area contributed by atoms with Crippen LogP contribution in [0, 0.1) is 88.1 Å². The van der Waals surface area contributed by atoms with Crippen molar-refractivity contribution in [3.8, 4) is 5.75 Å². The van der Waals surface area contributed by atoms with Gasteiger partial charge in [-0.1, -0.05) is 72.8 Å². The van der Waals surface area contributed by atoms with Crippen LogP contribution in [0.2, 0.25) is 0 Å². The Kier molecular flexibility index (Phi) is 11.1. The molecule has 0 saturated carbocycles. The first-order chi connectivity index (χ1) is 13.7. The van der Waals surface area contributed by atoms with Gasteiger partial charge in [0, 0.05) is 111 Å². The van der Waals surface area contributed by atoms with Crippen molar-refractivity contribution < 1.29 is 103 Å². The number of rotatable bonds is 7. The van der Waals surface area contributed by atoms with Crippen molar-refractivity contribution in [3.63, 3.8) is 0 Å². The number of aliphatic hydroxyl groups excluding tert-OH is 1. The van der Waals surface area contributed by atoms with Gasteiger partial charge in [-0.3, -0.25) is 0 Å². The van der Waals surface area contributed by atoms with Gasteiger partial charge in [0.15, 0.2) is 11.3 Å². The number of benzene rings is 3.